The molecule has 0 aliphatic rings. The molecule has 0 bridgehead atoms. The molecule has 0 aliphatic carbocycles. The maximum Gasteiger partial charge on any atom is 0.273 e. The van der Waals surface area contributed by atoms with Gasteiger partial charge in [-0.2, -0.15) is 0 Å². The maximum atomic E-state index is 12.1. The molecule has 0 saturated carbocycles. The van der Waals surface area contributed by atoms with Crippen molar-refractivity contribution >= 4 is 34.5 Å². The summed E-state index contributed by atoms with van der Waals surface area (Å²) in [5.74, 6) is -0.333. The van der Waals surface area contributed by atoms with E-state index >= 15 is 0 Å². The molecule has 1 N–H and O–H groups in total. The van der Waals surface area contributed by atoms with Gasteiger partial charge in [-0.3, -0.25) is 9.59 Å². The molecule has 0 aromatic carbocycles. The molecule has 0 radical (unpaired) electrons. The number of carbonyl (C=O) groups excluding carboxylic acids is 2. The Labute approximate surface area is 124 Å². The third-order valence-electron chi connectivity index (χ3n) is 2.65. The Morgan fingerprint density at radius 3 is 2.40 bits per heavy atom. The first-order chi connectivity index (χ1) is 9.72. The van der Waals surface area contributed by atoms with Gasteiger partial charge in [-0.25, -0.2) is 9.97 Å². The highest BCUT2D eigenvalue weighted by atomic mass is 32.1. The summed E-state index contributed by atoms with van der Waals surface area (Å²) in [6.45, 7) is 3.30. The van der Waals surface area contributed by atoms with Crippen LogP contribution in [-0.4, -0.2) is 46.3 Å². The number of thiazole rings is 2. The fourth-order valence-electron chi connectivity index (χ4n) is 1.60. The summed E-state index contributed by atoms with van der Waals surface area (Å²) in [5.41, 5.74) is 4.09. The highest BCUT2D eigenvalue weighted by Gasteiger charge is 2.16. The third kappa shape index (κ3) is 3.61. The average molecular weight is 310 g/mol. The lowest BCUT2D eigenvalue weighted by Gasteiger charge is -2.19. The molecule has 8 heteroatoms. The third-order valence-corrected chi connectivity index (χ3v) is 3.83. The first-order valence-corrected chi connectivity index (χ1v) is 7.94. The lowest BCUT2D eigenvalue weighted by molar-refractivity contribution is 0.0752. The monoisotopic (exact) mass is 310 g/mol. The second kappa shape index (κ2) is 7.11. The van der Waals surface area contributed by atoms with Gasteiger partial charge in [0.1, 0.15) is 11.4 Å². The van der Waals surface area contributed by atoms with Crippen molar-refractivity contribution in [1.82, 2.24) is 20.2 Å². The van der Waals surface area contributed by atoms with E-state index in [1.165, 1.54) is 22.7 Å². The van der Waals surface area contributed by atoms with E-state index in [0.29, 0.717) is 31.0 Å². The molecular formula is C12H14N4O2S2. The van der Waals surface area contributed by atoms with Gasteiger partial charge in [0, 0.05) is 30.4 Å². The molecule has 2 rings (SSSR count). The number of hydrogen-bond donors (Lipinski definition) is 1. The second-order valence-corrected chi connectivity index (χ2v) is 5.33. The first kappa shape index (κ1) is 14.6. The van der Waals surface area contributed by atoms with Crippen LogP contribution in [0.25, 0.3) is 0 Å². The molecule has 0 atom stereocenters. The Hall–Kier alpha value is -1.80. The number of amides is 2. The summed E-state index contributed by atoms with van der Waals surface area (Å²) in [7, 11) is 0. The molecule has 2 heterocycles. The minimum Gasteiger partial charge on any atom is -0.349 e. The number of likely N-dealkylation sites (N-methyl/N-ethyl adjacent to an activating group) is 1. The topological polar surface area (TPSA) is 75.2 Å². The van der Waals surface area contributed by atoms with Crippen LogP contribution < -0.4 is 5.32 Å². The van der Waals surface area contributed by atoms with Crippen LogP contribution >= 0.6 is 22.7 Å². The van der Waals surface area contributed by atoms with Gasteiger partial charge >= 0.3 is 0 Å². The SMILES string of the molecule is CCN(CCNC(=O)c1cscn1)C(=O)c1cscn1. The molecular weight excluding hydrogens is 296 g/mol. The Morgan fingerprint density at radius 1 is 1.20 bits per heavy atom. The Balaban J connectivity index is 1.82. The van der Waals surface area contributed by atoms with Crippen molar-refractivity contribution < 1.29 is 9.59 Å². The number of nitrogens with zero attached hydrogens (tertiary/aromatic N) is 3. The van der Waals surface area contributed by atoms with Crippen LogP contribution in [0.1, 0.15) is 27.9 Å². The highest BCUT2D eigenvalue weighted by molar-refractivity contribution is 7.08. The van der Waals surface area contributed by atoms with Gasteiger partial charge in [-0.15, -0.1) is 22.7 Å². The fourth-order valence-corrected chi connectivity index (χ4v) is 2.66. The Kier molecular flexibility index (Phi) is 5.19. The molecule has 2 aromatic rings. The summed E-state index contributed by atoms with van der Waals surface area (Å²) in [5, 5.41) is 6.15. The minimum absolute atomic E-state index is 0.114. The molecule has 0 spiro atoms. The Morgan fingerprint density at radius 2 is 1.85 bits per heavy atom. The number of hydrogen-bond acceptors (Lipinski definition) is 6. The number of aromatic nitrogens is 2. The van der Waals surface area contributed by atoms with Crippen molar-refractivity contribution in [3.63, 3.8) is 0 Å². The van der Waals surface area contributed by atoms with Gasteiger partial charge in [0.05, 0.1) is 11.0 Å². The largest absolute Gasteiger partial charge is 0.349 e. The lowest BCUT2D eigenvalue weighted by atomic mass is 10.3. The van der Waals surface area contributed by atoms with Crippen LogP contribution in [0.15, 0.2) is 21.8 Å². The number of nitrogens with one attached hydrogen (secondary N) is 1. The van der Waals surface area contributed by atoms with Gasteiger partial charge in [0.25, 0.3) is 11.8 Å². The van der Waals surface area contributed by atoms with Crippen LogP contribution in [-0.2, 0) is 0 Å². The van der Waals surface area contributed by atoms with Gasteiger partial charge in [0.2, 0.25) is 0 Å². The molecule has 6 nitrogen and oxygen atoms in total. The van der Waals surface area contributed by atoms with E-state index in [9.17, 15) is 9.59 Å². The lowest BCUT2D eigenvalue weighted by Crippen LogP contribution is -2.38. The van der Waals surface area contributed by atoms with E-state index in [0.717, 1.165) is 0 Å². The van der Waals surface area contributed by atoms with E-state index in [-0.39, 0.29) is 11.8 Å². The smallest absolute Gasteiger partial charge is 0.273 e. The molecule has 0 fully saturated rings. The molecule has 20 heavy (non-hydrogen) atoms. The highest BCUT2D eigenvalue weighted by Crippen LogP contribution is 2.05. The summed E-state index contributed by atoms with van der Waals surface area (Å²) in [6.07, 6.45) is 0. The minimum atomic E-state index is -0.219. The predicted octanol–water partition coefficient (Wildman–Crippen LogP) is 1.49. The van der Waals surface area contributed by atoms with Crippen LogP contribution in [0, 0.1) is 0 Å². The van der Waals surface area contributed by atoms with Gasteiger partial charge in [0.15, 0.2) is 0 Å². The van der Waals surface area contributed by atoms with Crippen molar-refractivity contribution in [3.05, 3.63) is 33.2 Å². The van der Waals surface area contributed by atoms with Crippen LogP contribution in [0.5, 0.6) is 0 Å². The molecule has 0 saturated heterocycles. The summed E-state index contributed by atoms with van der Waals surface area (Å²) < 4.78 is 0. The van der Waals surface area contributed by atoms with E-state index in [2.05, 4.69) is 15.3 Å². The molecule has 2 amide bonds. The number of rotatable bonds is 6. The van der Waals surface area contributed by atoms with E-state index in [1.807, 2.05) is 6.92 Å². The maximum absolute atomic E-state index is 12.1. The summed E-state index contributed by atoms with van der Waals surface area (Å²) >= 11 is 2.76. The summed E-state index contributed by atoms with van der Waals surface area (Å²) in [4.78, 5) is 33.4. The normalized spacial score (nSPS) is 10.2. The molecule has 106 valence electrons. The molecule has 2 aromatic heterocycles. The number of carbonyl (C=O) groups is 2. The van der Waals surface area contributed by atoms with E-state index in [1.54, 1.807) is 26.7 Å². The Bertz CT molecular complexity index is 554. The first-order valence-electron chi connectivity index (χ1n) is 6.06. The van der Waals surface area contributed by atoms with E-state index in [4.69, 9.17) is 0 Å². The summed E-state index contributed by atoms with van der Waals surface area (Å²) in [6, 6.07) is 0. The average Bonchev–Trinajstić information content (AvgIpc) is 3.15. The van der Waals surface area contributed by atoms with Gasteiger partial charge < -0.3 is 10.2 Å². The van der Waals surface area contributed by atoms with Gasteiger partial charge in [-0.05, 0) is 6.92 Å². The van der Waals surface area contributed by atoms with Gasteiger partial charge in [-0.1, -0.05) is 0 Å². The van der Waals surface area contributed by atoms with E-state index < -0.39 is 0 Å². The van der Waals surface area contributed by atoms with Crippen molar-refractivity contribution in [1.29, 1.82) is 0 Å². The van der Waals surface area contributed by atoms with Crippen LogP contribution in [0.3, 0.4) is 0 Å². The van der Waals surface area contributed by atoms with Crippen molar-refractivity contribution in [2.45, 2.75) is 6.92 Å². The van der Waals surface area contributed by atoms with Crippen molar-refractivity contribution in [3.8, 4) is 0 Å². The molecule has 0 unspecified atom stereocenters. The predicted molar refractivity (Wildman–Crippen MR) is 78.1 cm³/mol. The fraction of sp³-hybridized carbons (Fsp3) is 0.333. The van der Waals surface area contributed by atoms with Crippen molar-refractivity contribution in [2.75, 3.05) is 19.6 Å². The van der Waals surface area contributed by atoms with Crippen LogP contribution in [0.4, 0.5) is 0 Å². The zero-order chi connectivity index (χ0) is 14.4. The standard InChI is InChI=1S/C12H14N4O2S2/c1-2-16(12(18)10-6-20-8-15-10)4-3-13-11(17)9-5-19-7-14-9/h5-8H,2-4H2,1H3,(H,13,17). The zero-order valence-corrected chi connectivity index (χ0v) is 12.5. The van der Waals surface area contributed by atoms with Crippen molar-refractivity contribution in [2.24, 2.45) is 0 Å². The quantitative estimate of drug-likeness (QED) is 0.877. The van der Waals surface area contributed by atoms with Crippen LogP contribution in [0.2, 0.25) is 0 Å². The molecule has 0 aliphatic heterocycles. The zero-order valence-electron chi connectivity index (χ0n) is 10.9. The second-order valence-electron chi connectivity index (χ2n) is 3.89.